The molecule has 0 aromatic carbocycles. The highest BCUT2D eigenvalue weighted by Gasteiger charge is 2.64. The maximum Gasteiger partial charge on any atom is 0.172 e. The summed E-state index contributed by atoms with van der Waals surface area (Å²) in [7, 11) is 0. The second kappa shape index (κ2) is 2.40. The van der Waals surface area contributed by atoms with Gasteiger partial charge in [-0.25, -0.2) is 13.2 Å². The molecule has 0 heterocycles. The van der Waals surface area contributed by atoms with Crippen molar-refractivity contribution in [3.05, 3.63) is 36.3 Å². The van der Waals surface area contributed by atoms with Gasteiger partial charge >= 0.3 is 0 Å². The lowest BCUT2D eigenvalue weighted by Gasteiger charge is -2.12. The number of ether oxygens (including phenoxy) is 1. The number of hydrogen-bond donors (Lipinski definition) is 0. The van der Waals surface area contributed by atoms with Crippen LogP contribution < -0.4 is 0 Å². The fourth-order valence-electron chi connectivity index (χ4n) is 1.45. The fraction of sp³-hybridized carbons (Fsp3) is 0.333. The number of hydrogen-bond acceptors (Lipinski definition) is 1. The average molecular weight is 188 g/mol. The standard InChI is InChI=1S/C9H7F3O/c1-2-13-6-3-7(10)9(12)4-5(9)8(6)11/h2-3,5H,1,4H2. The lowest BCUT2D eigenvalue weighted by molar-refractivity contribution is 0.253. The number of rotatable bonds is 2. The van der Waals surface area contributed by atoms with Gasteiger partial charge in [-0.05, 0) is 0 Å². The van der Waals surface area contributed by atoms with Crippen LogP contribution in [0.4, 0.5) is 13.2 Å². The Morgan fingerprint density at radius 2 is 2.31 bits per heavy atom. The van der Waals surface area contributed by atoms with E-state index in [2.05, 4.69) is 11.3 Å². The summed E-state index contributed by atoms with van der Waals surface area (Å²) in [6.07, 6.45) is 1.58. The van der Waals surface area contributed by atoms with Crippen LogP contribution in [-0.2, 0) is 4.74 Å². The zero-order chi connectivity index (χ0) is 9.64. The summed E-state index contributed by atoms with van der Waals surface area (Å²) in [5, 5.41) is 0. The van der Waals surface area contributed by atoms with E-state index in [0.29, 0.717) is 0 Å². The topological polar surface area (TPSA) is 9.23 Å². The van der Waals surface area contributed by atoms with E-state index in [0.717, 1.165) is 12.3 Å². The van der Waals surface area contributed by atoms with Gasteiger partial charge in [-0.2, -0.15) is 0 Å². The molecule has 13 heavy (non-hydrogen) atoms. The van der Waals surface area contributed by atoms with Crippen molar-refractivity contribution >= 4 is 0 Å². The Balaban J connectivity index is 2.35. The minimum Gasteiger partial charge on any atom is -0.463 e. The van der Waals surface area contributed by atoms with Gasteiger partial charge in [-0.15, -0.1) is 0 Å². The van der Waals surface area contributed by atoms with Crippen molar-refractivity contribution in [2.75, 3.05) is 0 Å². The molecule has 2 rings (SSSR count). The van der Waals surface area contributed by atoms with Crippen LogP contribution in [0.5, 0.6) is 0 Å². The minimum absolute atomic E-state index is 0.134. The molecule has 70 valence electrons. The third kappa shape index (κ3) is 1.01. The van der Waals surface area contributed by atoms with Crippen molar-refractivity contribution in [3.63, 3.8) is 0 Å². The molecule has 1 saturated carbocycles. The SMILES string of the molecule is C=COC1=C(F)C2CC2(F)C(F)=C1. The summed E-state index contributed by atoms with van der Waals surface area (Å²) >= 11 is 0. The molecule has 0 spiro atoms. The van der Waals surface area contributed by atoms with Gasteiger partial charge in [-0.1, -0.05) is 6.58 Å². The Bertz CT molecular complexity index is 332. The quantitative estimate of drug-likeness (QED) is 0.605. The Kier molecular flexibility index (Phi) is 1.55. The van der Waals surface area contributed by atoms with Crippen molar-refractivity contribution < 1.29 is 17.9 Å². The van der Waals surface area contributed by atoms with Crippen LogP contribution >= 0.6 is 0 Å². The van der Waals surface area contributed by atoms with E-state index < -0.39 is 23.2 Å². The Hall–Kier alpha value is -1.19. The fourth-order valence-corrected chi connectivity index (χ4v) is 1.45. The van der Waals surface area contributed by atoms with Crippen LogP contribution in [0.25, 0.3) is 0 Å². The highest BCUT2D eigenvalue weighted by molar-refractivity contribution is 5.41. The molecule has 2 unspecified atom stereocenters. The van der Waals surface area contributed by atoms with Gasteiger partial charge in [0, 0.05) is 12.5 Å². The zero-order valence-corrected chi connectivity index (χ0v) is 6.69. The molecule has 2 atom stereocenters. The van der Waals surface area contributed by atoms with Crippen molar-refractivity contribution in [2.45, 2.75) is 12.1 Å². The molecule has 1 fully saturated rings. The minimum atomic E-state index is -2.10. The van der Waals surface area contributed by atoms with E-state index in [9.17, 15) is 13.2 Å². The lowest BCUT2D eigenvalue weighted by atomic mass is 10.1. The molecule has 0 aromatic heterocycles. The molecule has 0 saturated heterocycles. The highest BCUT2D eigenvalue weighted by atomic mass is 19.2. The first-order chi connectivity index (χ1) is 6.09. The maximum absolute atomic E-state index is 13.2. The Morgan fingerprint density at radius 1 is 1.62 bits per heavy atom. The average Bonchev–Trinajstić information content (AvgIpc) is 2.76. The lowest BCUT2D eigenvalue weighted by Crippen LogP contribution is -2.11. The molecular weight excluding hydrogens is 181 g/mol. The van der Waals surface area contributed by atoms with Crippen molar-refractivity contribution in [1.82, 2.24) is 0 Å². The van der Waals surface area contributed by atoms with Crippen molar-refractivity contribution in [3.8, 4) is 0 Å². The molecule has 0 N–H and O–H groups in total. The molecule has 0 radical (unpaired) electrons. The van der Waals surface area contributed by atoms with Crippen LogP contribution in [0.2, 0.25) is 0 Å². The van der Waals surface area contributed by atoms with Crippen LogP contribution in [0.15, 0.2) is 36.3 Å². The largest absolute Gasteiger partial charge is 0.463 e. The van der Waals surface area contributed by atoms with E-state index in [1.54, 1.807) is 0 Å². The van der Waals surface area contributed by atoms with Crippen LogP contribution in [-0.4, -0.2) is 5.67 Å². The van der Waals surface area contributed by atoms with Crippen molar-refractivity contribution in [2.24, 2.45) is 5.92 Å². The van der Waals surface area contributed by atoms with E-state index in [4.69, 9.17) is 0 Å². The first kappa shape index (κ1) is 8.41. The third-order valence-electron chi connectivity index (χ3n) is 2.30. The second-order valence-electron chi connectivity index (χ2n) is 3.11. The molecule has 0 aliphatic heterocycles. The van der Waals surface area contributed by atoms with Gasteiger partial charge < -0.3 is 4.74 Å². The van der Waals surface area contributed by atoms with Crippen molar-refractivity contribution in [1.29, 1.82) is 0 Å². The smallest absolute Gasteiger partial charge is 0.172 e. The number of fused-ring (bicyclic) bond motifs is 1. The molecule has 0 aromatic rings. The first-order valence-corrected chi connectivity index (χ1v) is 3.83. The Morgan fingerprint density at radius 3 is 2.92 bits per heavy atom. The molecule has 0 amide bonds. The maximum atomic E-state index is 13.2. The van der Waals surface area contributed by atoms with E-state index in [-0.39, 0.29) is 12.2 Å². The molecule has 4 heteroatoms. The van der Waals surface area contributed by atoms with E-state index in [1.165, 1.54) is 0 Å². The van der Waals surface area contributed by atoms with Gasteiger partial charge in [0.2, 0.25) is 0 Å². The monoisotopic (exact) mass is 188 g/mol. The summed E-state index contributed by atoms with van der Waals surface area (Å²) in [5.74, 6) is -2.96. The zero-order valence-electron chi connectivity index (χ0n) is 6.69. The normalized spacial score (nSPS) is 36.5. The summed E-state index contributed by atoms with van der Waals surface area (Å²) in [6, 6.07) is 0. The third-order valence-corrected chi connectivity index (χ3v) is 2.30. The predicted octanol–water partition coefficient (Wildman–Crippen LogP) is 2.92. The van der Waals surface area contributed by atoms with Gasteiger partial charge in [0.25, 0.3) is 0 Å². The Labute approximate surface area is 73.2 Å². The molecule has 1 nitrogen and oxygen atoms in total. The van der Waals surface area contributed by atoms with Crippen LogP contribution in [0, 0.1) is 5.92 Å². The number of halogens is 3. The summed E-state index contributed by atoms with van der Waals surface area (Å²) < 4.78 is 43.9. The van der Waals surface area contributed by atoms with Gasteiger partial charge in [0.1, 0.15) is 11.7 Å². The number of alkyl halides is 1. The number of allylic oxidation sites excluding steroid dienone is 3. The summed E-state index contributed by atoms with van der Waals surface area (Å²) in [5.41, 5.74) is -2.10. The van der Waals surface area contributed by atoms with E-state index in [1.807, 2.05) is 0 Å². The van der Waals surface area contributed by atoms with Gasteiger partial charge in [0.15, 0.2) is 11.4 Å². The summed E-state index contributed by atoms with van der Waals surface area (Å²) in [4.78, 5) is 0. The second-order valence-corrected chi connectivity index (χ2v) is 3.11. The van der Waals surface area contributed by atoms with E-state index >= 15 is 0 Å². The summed E-state index contributed by atoms with van der Waals surface area (Å²) in [6.45, 7) is 3.20. The first-order valence-electron chi connectivity index (χ1n) is 3.83. The van der Waals surface area contributed by atoms with Crippen LogP contribution in [0.1, 0.15) is 6.42 Å². The van der Waals surface area contributed by atoms with Crippen LogP contribution in [0.3, 0.4) is 0 Å². The predicted molar refractivity (Wildman–Crippen MR) is 40.6 cm³/mol. The van der Waals surface area contributed by atoms with Gasteiger partial charge in [-0.3, -0.25) is 0 Å². The molecule has 2 aliphatic rings. The molecule has 0 bridgehead atoms. The van der Waals surface area contributed by atoms with Gasteiger partial charge in [0.05, 0.1) is 12.2 Å². The highest BCUT2D eigenvalue weighted by Crippen LogP contribution is 2.60. The molecular formula is C9H7F3O. The molecule has 2 aliphatic carbocycles.